The molecule has 12 heavy (non-hydrogen) atoms. The van der Waals surface area contributed by atoms with Crippen LogP contribution in [0, 0.1) is 0 Å². The summed E-state index contributed by atoms with van der Waals surface area (Å²) in [5.74, 6) is 1.04. The van der Waals surface area contributed by atoms with Gasteiger partial charge in [0.25, 0.3) is 0 Å². The van der Waals surface area contributed by atoms with E-state index in [1.54, 1.807) is 30.4 Å². The minimum absolute atomic E-state index is 0.985. The number of hydrogen-bond acceptors (Lipinski definition) is 3. The highest BCUT2D eigenvalue weighted by Gasteiger charge is 1.93. The Labute approximate surface area is 77.1 Å². The Morgan fingerprint density at radius 1 is 1.58 bits per heavy atom. The van der Waals surface area contributed by atoms with Crippen molar-refractivity contribution in [2.45, 2.75) is 18.4 Å². The van der Waals surface area contributed by atoms with Crippen LogP contribution in [0.4, 0.5) is 0 Å². The number of hydrogen-bond donors (Lipinski definition) is 0. The third kappa shape index (κ3) is 3.53. The first kappa shape index (κ1) is 9.26. The van der Waals surface area contributed by atoms with Crippen LogP contribution in [-0.4, -0.2) is 15.7 Å². The lowest BCUT2D eigenvalue weighted by molar-refractivity contribution is 1.05. The molecular weight excluding hydrogens is 168 g/mol. The topological polar surface area (TPSA) is 25.8 Å². The zero-order valence-electron chi connectivity index (χ0n) is 7.16. The maximum absolute atomic E-state index is 4.15. The Hall–Kier alpha value is -0.830. The molecule has 1 aromatic rings. The summed E-state index contributed by atoms with van der Waals surface area (Å²) in [6.07, 6.45) is 6.22. The molecule has 0 aliphatic carbocycles. The van der Waals surface area contributed by atoms with Gasteiger partial charge in [-0.05, 0) is 13.3 Å². The van der Waals surface area contributed by atoms with E-state index < -0.39 is 0 Å². The first-order valence-electron chi connectivity index (χ1n) is 3.82. The summed E-state index contributed by atoms with van der Waals surface area (Å²) in [6.45, 7) is 5.88. The van der Waals surface area contributed by atoms with Gasteiger partial charge in [0.1, 0.15) is 5.03 Å². The first-order chi connectivity index (χ1) is 5.79. The standard InChI is InChI=1S/C9H12N2S/c1-8(2)3-6-12-9-7-10-4-5-11-9/h4-5,7H,1,3,6H2,2H3. The van der Waals surface area contributed by atoms with Crippen molar-refractivity contribution >= 4 is 11.8 Å². The first-order valence-corrected chi connectivity index (χ1v) is 4.81. The van der Waals surface area contributed by atoms with Crippen LogP contribution in [0.2, 0.25) is 0 Å². The highest BCUT2D eigenvalue weighted by atomic mass is 32.2. The van der Waals surface area contributed by atoms with Crippen LogP contribution in [0.25, 0.3) is 0 Å². The second-order valence-electron chi connectivity index (χ2n) is 2.60. The molecule has 0 bridgehead atoms. The Bertz CT molecular complexity index is 246. The van der Waals surface area contributed by atoms with E-state index in [2.05, 4.69) is 16.5 Å². The van der Waals surface area contributed by atoms with Crippen molar-refractivity contribution in [3.63, 3.8) is 0 Å². The zero-order valence-corrected chi connectivity index (χ0v) is 7.97. The molecule has 0 N–H and O–H groups in total. The van der Waals surface area contributed by atoms with E-state index >= 15 is 0 Å². The van der Waals surface area contributed by atoms with Crippen molar-refractivity contribution in [1.82, 2.24) is 9.97 Å². The molecule has 0 fully saturated rings. The zero-order chi connectivity index (χ0) is 8.81. The van der Waals surface area contributed by atoms with E-state index in [-0.39, 0.29) is 0 Å². The molecule has 2 nitrogen and oxygen atoms in total. The highest BCUT2D eigenvalue weighted by Crippen LogP contribution is 2.15. The van der Waals surface area contributed by atoms with E-state index in [4.69, 9.17) is 0 Å². The molecule has 0 atom stereocenters. The molecule has 0 radical (unpaired) electrons. The number of allylic oxidation sites excluding steroid dienone is 1. The molecule has 0 saturated heterocycles. The molecule has 64 valence electrons. The lowest BCUT2D eigenvalue weighted by Gasteiger charge is -1.98. The third-order valence-electron chi connectivity index (χ3n) is 1.32. The van der Waals surface area contributed by atoms with Crippen LogP contribution in [0.3, 0.4) is 0 Å². The van der Waals surface area contributed by atoms with Crippen molar-refractivity contribution in [3.8, 4) is 0 Å². The van der Waals surface area contributed by atoms with E-state index in [1.807, 2.05) is 6.92 Å². The molecule has 0 amide bonds. The van der Waals surface area contributed by atoms with Crippen molar-refractivity contribution < 1.29 is 0 Å². The Morgan fingerprint density at radius 2 is 2.42 bits per heavy atom. The summed E-state index contributed by atoms with van der Waals surface area (Å²) in [6, 6.07) is 0. The number of rotatable bonds is 4. The van der Waals surface area contributed by atoms with Gasteiger partial charge in [-0.15, -0.1) is 18.3 Å². The molecule has 3 heteroatoms. The summed E-state index contributed by atoms with van der Waals surface area (Å²) in [5.41, 5.74) is 1.21. The maximum Gasteiger partial charge on any atom is 0.114 e. The fraction of sp³-hybridized carbons (Fsp3) is 0.333. The second-order valence-corrected chi connectivity index (χ2v) is 3.71. The van der Waals surface area contributed by atoms with Gasteiger partial charge in [-0.25, -0.2) is 4.98 Å². The van der Waals surface area contributed by atoms with Gasteiger partial charge in [-0.1, -0.05) is 5.57 Å². The van der Waals surface area contributed by atoms with Crippen LogP contribution in [0.1, 0.15) is 13.3 Å². The van der Waals surface area contributed by atoms with Gasteiger partial charge in [0.15, 0.2) is 0 Å². The minimum atomic E-state index is 0.985. The van der Waals surface area contributed by atoms with Gasteiger partial charge >= 0.3 is 0 Å². The van der Waals surface area contributed by atoms with E-state index in [9.17, 15) is 0 Å². The number of thioether (sulfide) groups is 1. The quantitative estimate of drug-likeness (QED) is 0.526. The fourth-order valence-electron chi connectivity index (χ4n) is 0.690. The van der Waals surface area contributed by atoms with Crippen molar-refractivity contribution in [2.24, 2.45) is 0 Å². The van der Waals surface area contributed by atoms with E-state index in [0.29, 0.717) is 0 Å². The van der Waals surface area contributed by atoms with Crippen LogP contribution < -0.4 is 0 Å². The average molecular weight is 180 g/mol. The number of nitrogens with zero attached hydrogens (tertiary/aromatic N) is 2. The monoisotopic (exact) mass is 180 g/mol. The van der Waals surface area contributed by atoms with Crippen LogP contribution in [-0.2, 0) is 0 Å². The Morgan fingerprint density at radius 3 is 3.00 bits per heavy atom. The van der Waals surface area contributed by atoms with Gasteiger partial charge < -0.3 is 0 Å². The summed E-state index contributed by atoms with van der Waals surface area (Å²) in [7, 11) is 0. The molecule has 1 heterocycles. The molecule has 0 unspecified atom stereocenters. The Balaban J connectivity index is 2.29. The van der Waals surface area contributed by atoms with Crippen molar-refractivity contribution in [3.05, 3.63) is 30.7 Å². The van der Waals surface area contributed by atoms with Gasteiger partial charge in [0, 0.05) is 18.1 Å². The second kappa shape index (κ2) is 4.93. The number of aromatic nitrogens is 2. The lowest BCUT2D eigenvalue weighted by Crippen LogP contribution is -1.84. The SMILES string of the molecule is C=C(C)CCSc1cnccn1. The molecule has 0 saturated carbocycles. The minimum Gasteiger partial charge on any atom is -0.260 e. The smallest absolute Gasteiger partial charge is 0.114 e. The molecule has 0 aromatic carbocycles. The predicted octanol–water partition coefficient (Wildman–Crippen LogP) is 2.53. The molecule has 0 aliphatic heterocycles. The lowest BCUT2D eigenvalue weighted by atomic mass is 10.3. The largest absolute Gasteiger partial charge is 0.260 e. The van der Waals surface area contributed by atoms with Gasteiger partial charge in [-0.3, -0.25) is 4.98 Å². The molecule has 0 aliphatic rings. The highest BCUT2D eigenvalue weighted by molar-refractivity contribution is 7.99. The summed E-state index contributed by atoms with van der Waals surface area (Å²) in [4.78, 5) is 8.12. The van der Waals surface area contributed by atoms with Crippen molar-refractivity contribution in [1.29, 1.82) is 0 Å². The van der Waals surface area contributed by atoms with Crippen LogP contribution in [0.15, 0.2) is 35.8 Å². The summed E-state index contributed by atoms with van der Waals surface area (Å²) in [5, 5.41) is 0.985. The third-order valence-corrected chi connectivity index (χ3v) is 2.23. The fourth-order valence-corrected chi connectivity index (χ4v) is 1.62. The maximum atomic E-state index is 4.15. The summed E-state index contributed by atoms with van der Waals surface area (Å²) >= 11 is 1.71. The predicted molar refractivity (Wildman–Crippen MR) is 52.2 cm³/mol. The van der Waals surface area contributed by atoms with Crippen molar-refractivity contribution in [2.75, 3.05) is 5.75 Å². The molecule has 0 spiro atoms. The summed E-state index contributed by atoms with van der Waals surface area (Å²) < 4.78 is 0. The average Bonchev–Trinajstić information content (AvgIpc) is 2.05. The normalized spacial score (nSPS) is 9.75. The van der Waals surface area contributed by atoms with Crippen LogP contribution in [0.5, 0.6) is 0 Å². The Kier molecular flexibility index (Phi) is 3.80. The van der Waals surface area contributed by atoms with Crippen LogP contribution >= 0.6 is 11.8 Å². The molecule has 1 aromatic heterocycles. The molecule has 1 rings (SSSR count). The van der Waals surface area contributed by atoms with E-state index in [1.165, 1.54) is 5.57 Å². The van der Waals surface area contributed by atoms with Gasteiger partial charge in [-0.2, -0.15) is 0 Å². The van der Waals surface area contributed by atoms with Gasteiger partial charge in [0.05, 0.1) is 6.20 Å². The van der Waals surface area contributed by atoms with E-state index in [0.717, 1.165) is 17.2 Å². The van der Waals surface area contributed by atoms with Gasteiger partial charge in [0.2, 0.25) is 0 Å². The molecular formula is C9H12N2S.